The summed E-state index contributed by atoms with van der Waals surface area (Å²) in [6.45, 7) is 0. The Morgan fingerprint density at radius 3 is 2.57 bits per heavy atom. The number of ether oxygens (including phenoxy) is 1. The van der Waals surface area contributed by atoms with Gasteiger partial charge in [-0.25, -0.2) is 0 Å². The third-order valence-electron chi connectivity index (χ3n) is 2.76. The minimum atomic E-state index is 0.156. The molecule has 0 saturated carbocycles. The Bertz CT molecular complexity index is 788. The van der Waals surface area contributed by atoms with E-state index in [2.05, 4.69) is 15.2 Å². The number of nitrogens with two attached hydrogens (primary N) is 1. The van der Waals surface area contributed by atoms with Crippen molar-refractivity contribution in [1.29, 1.82) is 0 Å². The first-order valence-corrected chi connectivity index (χ1v) is 6.79. The molecular weight excluding hydrogens is 311 g/mol. The van der Waals surface area contributed by atoms with Crippen LogP contribution < -0.4 is 10.5 Å². The van der Waals surface area contributed by atoms with Crippen LogP contribution in [0.1, 0.15) is 0 Å². The standard InChI is InChI=1S/C14H10Cl2N4O/c15-8-5-6-9(13-18-14(17)20-19-13)12(7-8)21-11-4-2-1-3-10(11)16/h1-7H,(H3,17,18,19,20). The van der Waals surface area contributed by atoms with E-state index in [4.69, 9.17) is 33.7 Å². The van der Waals surface area contributed by atoms with Crippen LogP contribution in [0.25, 0.3) is 11.4 Å². The third-order valence-corrected chi connectivity index (χ3v) is 3.31. The van der Waals surface area contributed by atoms with Gasteiger partial charge in [0.1, 0.15) is 11.5 Å². The van der Waals surface area contributed by atoms with Crippen molar-refractivity contribution in [2.45, 2.75) is 0 Å². The Kier molecular flexibility index (Phi) is 3.68. The molecule has 3 N–H and O–H groups in total. The minimum absolute atomic E-state index is 0.156. The Hall–Kier alpha value is -2.24. The van der Waals surface area contributed by atoms with Gasteiger partial charge in [-0.05, 0) is 24.3 Å². The molecule has 0 aliphatic rings. The fourth-order valence-corrected chi connectivity index (χ4v) is 2.15. The second-order valence-electron chi connectivity index (χ2n) is 4.22. The van der Waals surface area contributed by atoms with Crippen LogP contribution in [0.15, 0.2) is 42.5 Å². The molecule has 0 amide bonds. The summed E-state index contributed by atoms with van der Waals surface area (Å²) >= 11 is 12.1. The average Bonchev–Trinajstić information content (AvgIpc) is 2.88. The number of para-hydroxylation sites is 1. The van der Waals surface area contributed by atoms with Crippen molar-refractivity contribution in [2.75, 3.05) is 5.73 Å². The van der Waals surface area contributed by atoms with Crippen LogP contribution in [0.5, 0.6) is 11.5 Å². The predicted molar refractivity (Wildman–Crippen MR) is 82.8 cm³/mol. The molecule has 21 heavy (non-hydrogen) atoms. The number of H-pyrrole nitrogens is 1. The smallest absolute Gasteiger partial charge is 0.239 e. The molecule has 0 atom stereocenters. The number of hydrogen-bond donors (Lipinski definition) is 2. The van der Waals surface area contributed by atoms with E-state index in [9.17, 15) is 0 Å². The average molecular weight is 321 g/mol. The van der Waals surface area contributed by atoms with Crippen LogP contribution in [0.3, 0.4) is 0 Å². The van der Waals surface area contributed by atoms with Gasteiger partial charge in [0.15, 0.2) is 5.82 Å². The molecule has 0 aliphatic carbocycles. The number of rotatable bonds is 3. The van der Waals surface area contributed by atoms with E-state index >= 15 is 0 Å². The van der Waals surface area contributed by atoms with Gasteiger partial charge >= 0.3 is 0 Å². The molecule has 2 aromatic carbocycles. The van der Waals surface area contributed by atoms with E-state index in [1.807, 2.05) is 12.1 Å². The molecule has 0 unspecified atom stereocenters. The summed E-state index contributed by atoms with van der Waals surface area (Å²) in [5.41, 5.74) is 6.21. The zero-order chi connectivity index (χ0) is 14.8. The lowest BCUT2D eigenvalue weighted by molar-refractivity contribution is 0.484. The van der Waals surface area contributed by atoms with Gasteiger partial charge < -0.3 is 10.5 Å². The van der Waals surface area contributed by atoms with E-state index in [-0.39, 0.29) is 5.95 Å². The predicted octanol–water partition coefficient (Wildman–Crippen LogP) is 4.15. The lowest BCUT2D eigenvalue weighted by Gasteiger charge is -2.11. The normalized spacial score (nSPS) is 10.6. The van der Waals surface area contributed by atoms with Gasteiger partial charge in [0.2, 0.25) is 5.95 Å². The Balaban J connectivity index is 2.05. The van der Waals surface area contributed by atoms with E-state index in [1.165, 1.54) is 0 Å². The molecule has 0 radical (unpaired) electrons. The van der Waals surface area contributed by atoms with Gasteiger partial charge in [0.05, 0.1) is 10.6 Å². The molecule has 0 saturated heterocycles. The van der Waals surface area contributed by atoms with Gasteiger partial charge in [-0.2, -0.15) is 4.98 Å². The number of anilines is 1. The highest BCUT2D eigenvalue weighted by Gasteiger charge is 2.13. The number of nitrogens with one attached hydrogen (secondary N) is 1. The molecule has 3 rings (SSSR count). The summed E-state index contributed by atoms with van der Waals surface area (Å²) in [6, 6.07) is 12.3. The first kappa shape index (κ1) is 13.7. The van der Waals surface area contributed by atoms with E-state index in [1.54, 1.807) is 30.3 Å². The second-order valence-corrected chi connectivity index (χ2v) is 5.06. The van der Waals surface area contributed by atoms with Crippen LogP contribution in [0.2, 0.25) is 10.0 Å². The van der Waals surface area contributed by atoms with Crippen molar-refractivity contribution in [1.82, 2.24) is 15.2 Å². The zero-order valence-electron chi connectivity index (χ0n) is 10.7. The first-order valence-electron chi connectivity index (χ1n) is 6.03. The first-order chi connectivity index (χ1) is 10.1. The SMILES string of the molecule is Nc1n[nH]c(-c2ccc(Cl)cc2Oc2ccccc2Cl)n1. The van der Waals surface area contributed by atoms with Crippen LogP contribution in [-0.4, -0.2) is 15.2 Å². The van der Waals surface area contributed by atoms with Gasteiger partial charge in [0, 0.05) is 11.1 Å². The van der Waals surface area contributed by atoms with Crippen LogP contribution in [0, 0.1) is 0 Å². The zero-order valence-corrected chi connectivity index (χ0v) is 12.2. The molecule has 0 fully saturated rings. The summed E-state index contributed by atoms with van der Waals surface area (Å²) < 4.78 is 5.84. The van der Waals surface area contributed by atoms with Crippen molar-refractivity contribution < 1.29 is 4.74 Å². The lowest BCUT2D eigenvalue weighted by Crippen LogP contribution is -1.91. The fraction of sp³-hybridized carbons (Fsp3) is 0. The number of nitrogens with zero attached hydrogens (tertiary/aromatic N) is 2. The molecule has 1 heterocycles. The van der Waals surface area contributed by atoms with Gasteiger partial charge in [0.25, 0.3) is 0 Å². The van der Waals surface area contributed by atoms with Crippen molar-refractivity contribution in [3.8, 4) is 22.9 Å². The second kappa shape index (κ2) is 5.63. The highest BCUT2D eigenvalue weighted by atomic mass is 35.5. The molecule has 3 aromatic rings. The number of nitrogen functional groups attached to an aromatic ring is 1. The Morgan fingerprint density at radius 1 is 1.05 bits per heavy atom. The molecule has 0 aliphatic heterocycles. The summed E-state index contributed by atoms with van der Waals surface area (Å²) in [4.78, 5) is 4.09. The van der Waals surface area contributed by atoms with E-state index < -0.39 is 0 Å². The quantitative estimate of drug-likeness (QED) is 0.759. The van der Waals surface area contributed by atoms with Gasteiger partial charge in [-0.3, -0.25) is 5.10 Å². The number of aromatic nitrogens is 3. The lowest BCUT2D eigenvalue weighted by atomic mass is 10.2. The molecule has 5 nitrogen and oxygen atoms in total. The summed E-state index contributed by atoms with van der Waals surface area (Å²) in [5.74, 6) is 1.68. The Labute approximate surface area is 130 Å². The summed E-state index contributed by atoms with van der Waals surface area (Å²) in [7, 11) is 0. The maximum atomic E-state index is 6.10. The molecule has 7 heteroatoms. The fourth-order valence-electron chi connectivity index (χ4n) is 1.82. The number of benzene rings is 2. The van der Waals surface area contributed by atoms with E-state index in [0.717, 1.165) is 0 Å². The molecular formula is C14H10Cl2N4O. The highest BCUT2D eigenvalue weighted by molar-refractivity contribution is 6.32. The van der Waals surface area contributed by atoms with E-state index in [0.29, 0.717) is 32.9 Å². The van der Waals surface area contributed by atoms with Crippen molar-refractivity contribution in [3.63, 3.8) is 0 Å². The number of halogens is 2. The third kappa shape index (κ3) is 2.94. The maximum absolute atomic E-state index is 6.10. The minimum Gasteiger partial charge on any atom is -0.455 e. The highest BCUT2D eigenvalue weighted by Crippen LogP contribution is 2.36. The number of hydrogen-bond acceptors (Lipinski definition) is 4. The van der Waals surface area contributed by atoms with Gasteiger partial charge in [-0.15, -0.1) is 5.10 Å². The van der Waals surface area contributed by atoms with Crippen molar-refractivity contribution >= 4 is 29.2 Å². The van der Waals surface area contributed by atoms with Gasteiger partial charge in [-0.1, -0.05) is 35.3 Å². The topological polar surface area (TPSA) is 76.8 Å². The summed E-state index contributed by atoms with van der Waals surface area (Å²) in [5, 5.41) is 7.58. The molecule has 1 aromatic heterocycles. The summed E-state index contributed by atoms with van der Waals surface area (Å²) in [6.07, 6.45) is 0. The van der Waals surface area contributed by atoms with Crippen LogP contribution in [0.4, 0.5) is 5.95 Å². The number of aromatic amines is 1. The maximum Gasteiger partial charge on any atom is 0.239 e. The largest absolute Gasteiger partial charge is 0.455 e. The van der Waals surface area contributed by atoms with Crippen molar-refractivity contribution in [3.05, 3.63) is 52.5 Å². The van der Waals surface area contributed by atoms with Crippen LogP contribution in [-0.2, 0) is 0 Å². The monoisotopic (exact) mass is 320 g/mol. The molecule has 0 bridgehead atoms. The molecule has 0 spiro atoms. The molecule has 106 valence electrons. The van der Waals surface area contributed by atoms with Crippen LogP contribution >= 0.6 is 23.2 Å². The van der Waals surface area contributed by atoms with Crippen molar-refractivity contribution in [2.24, 2.45) is 0 Å². The Morgan fingerprint density at radius 2 is 1.86 bits per heavy atom.